The Morgan fingerprint density at radius 2 is 0.962 bits per heavy atom. The van der Waals surface area contributed by atoms with Gasteiger partial charge in [-0.15, -0.1) is 0 Å². The predicted octanol–water partition coefficient (Wildman–Crippen LogP) is 0.194. The van der Waals surface area contributed by atoms with Gasteiger partial charge in [0.1, 0.15) is 9.79 Å². The van der Waals surface area contributed by atoms with Crippen molar-refractivity contribution in [3.05, 3.63) is 58.7 Å². The van der Waals surface area contributed by atoms with Crippen LogP contribution in [0.3, 0.4) is 0 Å². The molecule has 0 saturated carbocycles. The summed E-state index contributed by atoms with van der Waals surface area (Å²) in [6.45, 7) is 0. The van der Waals surface area contributed by atoms with Gasteiger partial charge in [0.2, 0.25) is 0 Å². The zero-order chi connectivity index (χ0) is 17.9. The van der Waals surface area contributed by atoms with Gasteiger partial charge in [0, 0.05) is 70.2 Å². The first-order valence-electron chi connectivity index (χ1n) is 6.34. The van der Waals surface area contributed by atoms with Gasteiger partial charge >= 0.3 is 0 Å². The number of carbonyl (C=O) groups excluding carboxylic acids is 2. The van der Waals surface area contributed by atoms with Crippen molar-refractivity contribution >= 4 is 90.9 Å². The average molecular weight is 414 g/mol. The van der Waals surface area contributed by atoms with Crippen molar-refractivity contribution in [3.8, 4) is 0 Å². The van der Waals surface area contributed by atoms with Crippen LogP contribution in [0, 0.1) is 0 Å². The molecule has 2 N–H and O–H groups in total. The van der Waals surface area contributed by atoms with Crippen LogP contribution < -0.4 is 0 Å². The molecule has 0 amide bonds. The van der Waals surface area contributed by atoms with Crippen molar-refractivity contribution < 1.29 is 35.5 Å². The van der Waals surface area contributed by atoms with Crippen LogP contribution in [0.1, 0.15) is 31.8 Å². The molecule has 0 fully saturated rings. The minimum absolute atomic E-state index is 0. The molecule has 2 aromatic carbocycles. The monoisotopic (exact) mass is 414 g/mol. The van der Waals surface area contributed by atoms with Crippen LogP contribution in [0.4, 0.5) is 0 Å². The number of hydrogen-bond donors (Lipinski definition) is 2. The Balaban J connectivity index is 0.00000169. The first-order valence-corrected chi connectivity index (χ1v) is 9.22. The topological polar surface area (TPSA) is 143 Å². The van der Waals surface area contributed by atoms with Crippen LogP contribution in [0.25, 0.3) is 0 Å². The van der Waals surface area contributed by atoms with E-state index in [-0.39, 0.29) is 70.2 Å². The van der Waals surface area contributed by atoms with E-state index in [0.717, 1.165) is 12.1 Å². The Labute approximate surface area is 193 Å². The molecule has 0 saturated heterocycles. The van der Waals surface area contributed by atoms with Gasteiger partial charge in [0.05, 0.1) is 11.1 Å². The fraction of sp³-hybridized carbons (Fsp3) is 0. The largest absolute Gasteiger partial charge is 0.295 e. The molecule has 3 rings (SSSR count). The molecule has 0 atom stereocenters. The second-order valence-corrected chi connectivity index (χ2v) is 7.75. The van der Waals surface area contributed by atoms with E-state index in [1.165, 1.54) is 24.3 Å². The van der Waals surface area contributed by atoms with E-state index in [9.17, 15) is 35.5 Å². The third kappa shape index (κ3) is 3.90. The van der Waals surface area contributed by atoms with Gasteiger partial charge in [-0.1, -0.05) is 24.3 Å². The van der Waals surface area contributed by atoms with E-state index >= 15 is 0 Å². The van der Waals surface area contributed by atoms with Crippen molar-refractivity contribution in [2.24, 2.45) is 0 Å². The zero-order valence-electron chi connectivity index (χ0n) is 13.6. The summed E-state index contributed by atoms with van der Waals surface area (Å²) in [5.74, 6) is -1.89. The fourth-order valence-electron chi connectivity index (χ4n) is 2.61. The number of carbonyl (C=O) groups is 2. The summed E-state index contributed by atoms with van der Waals surface area (Å²) in [4.78, 5) is 23.6. The van der Waals surface area contributed by atoms with Gasteiger partial charge in [0.25, 0.3) is 20.2 Å². The molecular weight excluding hydrogens is 406 g/mol. The first-order chi connectivity index (χ1) is 11.0. The summed E-state index contributed by atoms with van der Waals surface area (Å²) in [5, 5.41) is 0. The Bertz CT molecular complexity index is 1050. The number of fused-ring (bicyclic) bond motifs is 2. The summed E-state index contributed by atoms with van der Waals surface area (Å²) >= 11 is 0. The summed E-state index contributed by atoms with van der Waals surface area (Å²) in [5.41, 5.74) is -1.83. The van der Waals surface area contributed by atoms with Gasteiger partial charge in [-0.05, 0) is 12.1 Å². The normalized spacial score (nSPS) is 13.2. The van der Waals surface area contributed by atoms with Gasteiger partial charge < -0.3 is 0 Å². The van der Waals surface area contributed by atoms with Crippen molar-refractivity contribution in [1.29, 1.82) is 0 Å². The van der Waals surface area contributed by atoms with Crippen LogP contribution >= 0.6 is 0 Å². The van der Waals surface area contributed by atoms with Gasteiger partial charge in [-0.25, -0.2) is 0 Å². The van der Waals surface area contributed by atoms with Crippen LogP contribution in [-0.4, -0.2) is 96.6 Å². The van der Waals surface area contributed by atoms with Crippen molar-refractivity contribution in [1.82, 2.24) is 0 Å². The van der Waals surface area contributed by atoms with Crippen LogP contribution in [0.15, 0.2) is 46.2 Å². The number of benzene rings is 2. The molecule has 26 heavy (non-hydrogen) atoms. The molecule has 2 aromatic rings. The molecule has 126 valence electrons. The number of rotatable bonds is 2. The zero-order valence-corrected chi connectivity index (χ0v) is 19.3. The Kier molecular flexibility index (Phi) is 7.20. The molecule has 0 unspecified atom stereocenters. The molecule has 0 spiro atoms. The fourth-order valence-corrected chi connectivity index (χ4v) is 4.03. The first kappa shape index (κ1) is 23.6. The quantitative estimate of drug-likeness (QED) is 0.447. The Hall–Kier alpha value is -0.400. The third-order valence-corrected chi connectivity index (χ3v) is 5.34. The summed E-state index contributed by atoms with van der Waals surface area (Å²) in [6, 6.07) is 6.55. The van der Waals surface area contributed by atoms with Crippen LogP contribution in [0.2, 0.25) is 0 Å². The van der Waals surface area contributed by atoms with E-state index in [1.54, 1.807) is 0 Å². The minimum Gasteiger partial charge on any atom is -0.289 e. The maximum absolute atomic E-state index is 12.7. The Morgan fingerprint density at radius 3 is 1.27 bits per heavy atom. The van der Waals surface area contributed by atoms with Crippen LogP contribution in [-0.2, 0) is 20.2 Å². The Morgan fingerprint density at radius 1 is 0.615 bits per heavy atom. The van der Waals surface area contributed by atoms with Crippen molar-refractivity contribution in [2.45, 2.75) is 9.79 Å². The molecule has 0 bridgehead atoms. The molecular formula is C14H8Na2O8S2. The smallest absolute Gasteiger partial charge is 0.289 e. The number of ketones is 2. The third-order valence-electron chi connectivity index (χ3n) is 3.55. The van der Waals surface area contributed by atoms with Gasteiger partial charge in [0.15, 0.2) is 11.6 Å². The maximum atomic E-state index is 12.7. The van der Waals surface area contributed by atoms with E-state index in [0.29, 0.717) is 0 Å². The van der Waals surface area contributed by atoms with Crippen molar-refractivity contribution in [3.63, 3.8) is 0 Å². The van der Waals surface area contributed by atoms with Gasteiger partial charge in [-0.2, -0.15) is 16.8 Å². The van der Waals surface area contributed by atoms with E-state index in [2.05, 4.69) is 0 Å². The molecule has 8 nitrogen and oxygen atoms in total. The molecule has 1 aliphatic carbocycles. The molecule has 0 heterocycles. The van der Waals surface area contributed by atoms with E-state index in [4.69, 9.17) is 0 Å². The standard InChI is InChI=1S/C14H8O8S2.2Na/c15-13-7-3-1-5-9(23(17,18)19)11(7)14(16)12-8(13)4-2-6-10(12)24(20,21)22;;/h1-6H,(H,17,18,19)(H,20,21,22);;. The SMILES string of the molecule is O=C1c2cccc(S(=O)(=O)O)c2C(=O)c2c1cccc2S(=O)(=O)O.[Na].[Na]. The average Bonchev–Trinajstić information content (AvgIpc) is 2.49. The molecule has 12 heteroatoms. The molecule has 1 aliphatic rings. The van der Waals surface area contributed by atoms with Crippen molar-refractivity contribution in [2.75, 3.05) is 0 Å². The van der Waals surface area contributed by atoms with Gasteiger partial charge in [-0.3, -0.25) is 18.7 Å². The van der Waals surface area contributed by atoms with Crippen LogP contribution in [0.5, 0.6) is 0 Å². The predicted molar refractivity (Wildman–Crippen MR) is 90.9 cm³/mol. The number of hydrogen-bond acceptors (Lipinski definition) is 6. The summed E-state index contributed by atoms with van der Waals surface area (Å²) in [7, 11) is -9.67. The molecule has 2 radical (unpaired) electrons. The van der Waals surface area contributed by atoms with E-state index in [1.807, 2.05) is 0 Å². The minimum atomic E-state index is -4.84. The van der Waals surface area contributed by atoms with E-state index < -0.39 is 52.7 Å². The molecule has 0 aliphatic heterocycles. The summed E-state index contributed by atoms with van der Waals surface area (Å²) in [6.07, 6.45) is 0. The maximum Gasteiger partial charge on any atom is 0.295 e. The second kappa shape index (κ2) is 7.92. The summed E-state index contributed by atoms with van der Waals surface area (Å²) < 4.78 is 64.4. The molecule has 0 aromatic heterocycles. The second-order valence-electron chi connectivity index (χ2n) is 4.97.